The molecule has 0 spiro atoms. The van der Waals surface area contributed by atoms with E-state index in [1.54, 1.807) is 6.08 Å². The number of pyridine rings is 1. The molecule has 2 rings (SSSR count). The molecule has 6 heteroatoms. The van der Waals surface area contributed by atoms with Crippen molar-refractivity contribution < 1.29 is 19.4 Å². The van der Waals surface area contributed by atoms with Crippen molar-refractivity contribution in [2.75, 3.05) is 0 Å². The van der Waals surface area contributed by atoms with E-state index in [1.165, 1.54) is 0 Å². The summed E-state index contributed by atoms with van der Waals surface area (Å²) in [7, 11) is 0. The number of carbonyl (C=O) groups is 2. The standard InChI is InChI=1S/C26H34N2O4/c1-16(2)14-22-21(15-27-25(31)32-26(5,6)7)24(19-10-8-17(3)9-11-19)20(18(4)28-22)12-13-23(29)30/h8-13,16H,14-15H2,1-7H3,(H,27,31)(H,29,30). The van der Waals surface area contributed by atoms with Gasteiger partial charge in [-0.2, -0.15) is 0 Å². The minimum absolute atomic E-state index is 0.224. The van der Waals surface area contributed by atoms with E-state index < -0.39 is 17.7 Å². The lowest BCUT2D eigenvalue weighted by Crippen LogP contribution is -2.32. The monoisotopic (exact) mass is 438 g/mol. The number of benzene rings is 1. The summed E-state index contributed by atoms with van der Waals surface area (Å²) < 4.78 is 5.41. The van der Waals surface area contributed by atoms with Crippen LogP contribution in [-0.2, 0) is 22.5 Å². The first-order chi connectivity index (χ1) is 14.9. The number of hydrogen-bond acceptors (Lipinski definition) is 4. The number of carboxylic acids is 1. The summed E-state index contributed by atoms with van der Waals surface area (Å²) in [6.07, 6.45) is 2.92. The van der Waals surface area contributed by atoms with E-state index >= 15 is 0 Å². The lowest BCUT2D eigenvalue weighted by atomic mass is 9.89. The number of rotatable bonds is 7. The van der Waals surface area contributed by atoms with Crippen LogP contribution in [0.1, 0.15) is 62.7 Å². The van der Waals surface area contributed by atoms with Crippen LogP contribution in [0.15, 0.2) is 30.3 Å². The smallest absolute Gasteiger partial charge is 0.407 e. The van der Waals surface area contributed by atoms with Crippen molar-refractivity contribution in [2.24, 2.45) is 5.92 Å². The highest BCUT2D eigenvalue weighted by atomic mass is 16.6. The van der Waals surface area contributed by atoms with Crippen LogP contribution in [0.3, 0.4) is 0 Å². The number of amides is 1. The number of alkyl carbamates (subject to hydrolysis) is 1. The second-order valence-electron chi connectivity index (χ2n) is 9.40. The molecule has 0 atom stereocenters. The maximum atomic E-state index is 12.4. The number of nitrogens with one attached hydrogen (secondary N) is 1. The zero-order chi connectivity index (χ0) is 24.1. The molecule has 32 heavy (non-hydrogen) atoms. The summed E-state index contributed by atoms with van der Waals surface area (Å²) in [5.41, 5.74) is 5.56. The third-order valence-corrected chi connectivity index (χ3v) is 4.75. The van der Waals surface area contributed by atoms with Gasteiger partial charge in [-0.25, -0.2) is 9.59 Å². The molecule has 0 bridgehead atoms. The molecule has 1 heterocycles. The van der Waals surface area contributed by atoms with Crippen molar-refractivity contribution in [3.63, 3.8) is 0 Å². The van der Waals surface area contributed by atoms with E-state index in [0.717, 1.165) is 51.7 Å². The first-order valence-electron chi connectivity index (χ1n) is 10.8. The van der Waals surface area contributed by atoms with Crippen LogP contribution >= 0.6 is 0 Å². The number of aliphatic carboxylic acids is 1. The molecule has 172 valence electrons. The van der Waals surface area contributed by atoms with Gasteiger partial charge in [0.15, 0.2) is 0 Å². The maximum absolute atomic E-state index is 12.4. The Hall–Kier alpha value is -3.15. The average molecular weight is 439 g/mol. The molecule has 2 N–H and O–H groups in total. The van der Waals surface area contributed by atoms with Crippen molar-refractivity contribution in [1.82, 2.24) is 10.3 Å². The lowest BCUT2D eigenvalue weighted by Gasteiger charge is -2.23. The molecule has 1 aromatic carbocycles. The predicted molar refractivity (Wildman–Crippen MR) is 127 cm³/mol. The fraction of sp³-hybridized carbons (Fsp3) is 0.423. The fourth-order valence-electron chi connectivity index (χ4n) is 3.45. The summed E-state index contributed by atoms with van der Waals surface area (Å²) in [5, 5.41) is 12.1. The zero-order valence-corrected chi connectivity index (χ0v) is 20.1. The normalized spacial score (nSPS) is 11.8. The van der Waals surface area contributed by atoms with Gasteiger partial charge in [-0.05, 0) is 64.2 Å². The van der Waals surface area contributed by atoms with Crippen molar-refractivity contribution in [1.29, 1.82) is 0 Å². The summed E-state index contributed by atoms with van der Waals surface area (Å²) in [6.45, 7) is 13.8. The molecule has 0 saturated heterocycles. The van der Waals surface area contributed by atoms with Gasteiger partial charge in [-0.15, -0.1) is 0 Å². The van der Waals surface area contributed by atoms with E-state index in [0.29, 0.717) is 5.92 Å². The van der Waals surface area contributed by atoms with Crippen molar-refractivity contribution in [3.8, 4) is 11.1 Å². The van der Waals surface area contributed by atoms with Gasteiger partial charge in [0.2, 0.25) is 0 Å². The van der Waals surface area contributed by atoms with Gasteiger partial charge < -0.3 is 15.2 Å². The molecule has 2 aromatic rings. The molecular weight excluding hydrogens is 404 g/mol. The largest absolute Gasteiger partial charge is 0.478 e. The number of carbonyl (C=O) groups excluding carboxylic acids is 1. The first-order valence-corrected chi connectivity index (χ1v) is 10.8. The maximum Gasteiger partial charge on any atom is 0.407 e. The topological polar surface area (TPSA) is 88.5 Å². The van der Waals surface area contributed by atoms with Gasteiger partial charge in [0.05, 0.1) is 0 Å². The molecule has 1 aromatic heterocycles. The molecule has 0 fully saturated rings. The number of hydrogen-bond donors (Lipinski definition) is 2. The quantitative estimate of drug-likeness (QED) is 0.543. The molecule has 0 radical (unpaired) electrons. The third-order valence-electron chi connectivity index (χ3n) is 4.75. The minimum atomic E-state index is -1.03. The van der Waals surface area contributed by atoms with Gasteiger partial charge >= 0.3 is 12.1 Å². The number of nitrogens with zero attached hydrogens (tertiary/aromatic N) is 1. The molecule has 0 aliphatic carbocycles. The molecule has 0 aliphatic heterocycles. The lowest BCUT2D eigenvalue weighted by molar-refractivity contribution is -0.131. The van der Waals surface area contributed by atoms with E-state index in [4.69, 9.17) is 9.72 Å². The van der Waals surface area contributed by atoms with Gasteiger partial charge in [-0.3, -0.25) is 4.98 Å². The van der Waals surface area contributed by atoms with Crippen molar-refractivity contribution >= 4 is 18.1 Å². The van der Waals surface area contributed by atoms with Crippen LogP contribution in [0.25, 0.3) is 17.2 Å². The van der Waals surface area contributed by atoms with E-state index in [9.17, 15) is 14.7 Å². The summed E-state index contributed by atoms with van der Waals surface area (Å²) in [6, 6.07) is 8.06. The van der Waals surface area contributed by atoms with Crippen molar-refractivity contribution in [3.05, 3.63) is 58.4 Å². The van der Waals surface area contributed by atoms with Crippen LogP contribution in [0.2, 0.25) is 0 Å². The Morgan fingerprint density at radius 1 is 1.16 bits per heavy atom. The second kappa shape index (κ2) is 10.4. The van der Waals surface area contributed by atoms with Gasteiger partial charge in [0, 0.05) is 35.1 Å². The molecule has 0 saturated carbocycles. The predicted octanol–water partition coefficient (Wildman–Crippen LogP) is 5.69. The van der Waals surface area contributed by atoms with Crippen LogP contribution in [0.4, 0.5) is 4.79 Å². The van der Waals surface area contributed by atoms with Crippen LogP contribution in [-0.4, -0.2) is 27.8 Å². The summed E-state index contributed by atoms with van der Waals surface area (Å²) >= 11 is 0. The molecule has 0 unspecified atom stereocenters. The van der Waals surface area contributed by atoms with E-state index in [2.05, 4.69) is 19.2 Å². The Kier molecular flexibility index (Phi) is 8.19. The highest BCUT2D eigenvalue weighted by Crippen LogP contribution is 2.33. The molecule has 6 nitrogen and oxygen atoms in total. The van der Waals surface area contributed by atoms with E-state index in [-0.39, 0.29) is 6.54 Å². The molecule has 0 aliphatic rings. The zero-order valence-electron chi connectivity index (χ0n) is 20.1. The Bertz CT molecular complexity index is 1000. The summed E-state index contributed by atoms with van der Waals surface area (Å²) in [4.78, 5) is 28.4. The number of ether oxygens (including phenoxy) is 1. The van der Waals surface area contributed by atoms with Gasteiger partial charge in [0.1, 0.15) is 5.60 Å². The van der Waals surface area contributed by atoms with E-state index in [1.807, 2.05) is 58.9 Å². The highest BCUT2D eigenvalue weighted by molar-refractivity contribution is 5.89. The second-order valence-corrected chi connectivity index (χ2v) is 9.40. The average Bonchev–Trinajstić information content (AvgIpc) is 2.64. The molecular formula is C26H34N2O4. The van der Waals surface area contributed by atoms with Gasteiger partial charge in [0.25, 0.3) is 0 Å². The Labute approximate surface area is 190 Å². The number of aryl methyl sites for hydroxylation is 2. The van der Waals surface area contributed by atoms with Crippen LogP contribution < -0.4 is 5.32 Å². The Balaban J connectivity index is 2.68. The number of carboxylic acid groups (broad SMARTS) is 1. The third kappa shape index (κ3) is 7.22. The van der Waals surface area contributed by atoms with Crippen LogP contribution in [0, 0.1) is 19.8 Å². The Morgan fingerprint density at radius 2 is 1.78 bits per heavy atom. The van der Waals surface area contributed by atoms with Gasteiger partial charge in [-0.1, -0.05) is 43.7 Å². The number of aromatic nitrogens is 1. The fourth-order valence-corrected chi connectivity index (χ4v) is 3.45. The van der Waals surface area contributed by atoms with Crippen molar-refractivity contribution in [2.45, 2.75) is 67.0 Å². The van der Waals surface area contributed by atoms with Crippen LogP contribution in [0.5, 0.6) is 0 Å². The highest BCUT2D eigenvalue weighted by Gasteiger charge is 2.21. The summed E-state index contributed by atoms with van der Waals surface area (Å²) in [5.74, 6) is -0.674. The molecule has 1 amide bonds. The first kappa shape index (κ1) is 25.1. The SMILES string of the molecule is Cc1ccc(-c2c(C=CC(=O)O)c(C)nc(CC(C)C)c2CNC(=O)OC(C)(C)C)cc1. The minimum Gasteiger partial charge on any atom is -0.478 e. The Morgan fingerprint density at radius 3 is 2.31 bits per heavy atom.